The van der Waals surface area contributed by atoms with Gasteiger partial charge in [-0.1, -0.05) is 76.2 Å². The van der Waals surface area contributed by atoms with E-state index in [1.165, 1.54) is 11.1 Å². The SMILES string of the molecule is CC(C)c1ccc(C2SCC(=O)N2CCN2C(=O)CSC2c2ccc(C(C)C)cc2)cc1. The van der Waals surface area contributed by atoms with Crippen molar-refractivity contribution in [3.05, 3.63) is 70.8 Å². The Balaban J connectivity index is 1.46. The van der Waals surface area contributed by atoms with Gasteiger partial charge in [0.15, 0.2) is 0 Å². The van der Waals surface area contributed by atoms with Crippen molar-refractivity contribution in [3.8, 4) is 0 Å². The summed E-state index contributed by atoms with van der Waals surface area (Å²) in [5, 5.41) is 0.0516. The van der Waals surface area contributed by atoms with Crippen molar-refractivity contribution in [3.63, 3.8) is 0 Å². The Bertz CT molecular complexity index is 877. The van der Waals surface area contributed by atoms with Gasteiger partial charge in [0.25, 0.3) is 0 Å². The van der Waals surface area contributed by atoms with Crippen molar-refractivity contribution in [2.24, 2.45) is 0 Å². The van der Waals surface area contributed by atoms with E-state index < -0.39 is 0 Å². The molecule has 2 aromatic rings. The number of rotatable bonds is 7. The number of nitrogens with zero attached hydrogens (tertiary/aromatic N) is 2. The lowest BCUT2D eigenvalue weighted by Crippen LogP contribution is -2.39. The molecule has 0 bridgehead atoms. The molecule has 2 heterocycles. The summed E-state index contributed by atoms with van der Waals surface area (Å²) in [4.78, 5) is 29.2. The molecule has 2 saturated heterocycles. The average Bonchev–Trinajstić information content (AvgIpc) is 3.34. The minimum atomic E-state index is 0.0258. The lowest BCUT2D eigenvalue weighted by Gasteiger charge is -2.29. The molecule has 6 heteroatoms. The van der Waals surface area contributed by atoms with Gasteiger partial charge in [0.1, 0.15) is 10.7 Å². The molecular formula is C26H32N2O2S2. The molecule has 0 aromatic heterocycles. The van der Waals surface area contributed by atoms with Gasteiger partial charge in [0.05, 0.1) is 11.5 Å². The molecule has 4 rings (SSSR count). The summed E-state index contributed by atoms with van der Waals surface area (Å²) < 4.78 is 0. The first-order valence-electron chi connectivity index (χ1n) is 11.4. The predicted octanol–water partition coefficient (Wildman–Crippen LogP) is 5.78. The standard InChI is InChI=1S/C26H32N2O2S2/c1-17(2)19-5-9-21(10-6-19)25-27(23(29)15-31-25)13-14-28-24(30)16-32-26(28)22-11-7-20(8-12-22)18(3)4/h5-12,17-18,25-26H,13-16H2,1-4H3. The first-order valence-corrected chi connectivity index (χ1v) is 13.5. The summed E-state index contributed by atoms with van der Waals surface area (Å²) >= 11 is 3.36. The highest BCUT2D eigenvalue weighted by molar-refractivity contribution is 8.00. The molecule has 0 radical (unpaired) electrons. The van der Waals surface area contributed by atoms with E-state index in [0.29, 0.717) is 36.4 Å². The molecule has 2 aromatic carbocycles. The molecular weight excluding hydrogens is 436 g/mol. The maximum atomic E-state index is 12.7. The Kier molecular flexibility index (Phi) is 7.21. The van der Waals surface area contributed by atoms with Crippen LogP contribution in [0.4, 0.5) is 0 Å². The van der Waals surface area contributed by atoms with Gasteiger partial charge >= 0.3 is 0 Å². The van der Waals surface area contributed by atoms with Crippen LogP contribution in [0.15, 0.2) is 48.5 Å². The fourth-order valence-corrected chi connectivity index (χ4v) is 6.69. The maximum absolute atomic E-state index is 12.7. The normalized spacial score (nSPS) is 21.4. The summed E-state index contributed by atoms with van der Waals surface area (Å²) in [7, 11) is 0. The second-order valence-corrected chi connectivity index (χ2v) is 11.3. The molecule has 2 amide bonds. The third kappa shape index (κ3) is 4.86. The van der Waals surface area contributed by atoms with Crippen LogP contribution in [0.2, 0.25) is 0 Å². The van der Waals surface area contributed by atoms with Crippen LogP contribution >= 0.6 is 23.5 Å². The van der Waals surface area contributed by atoms with Crippen molar-refractivity contribution >= 4 is 35.3 Å². The summed E-state index contributed by atoms with van der Waals surface area (Å²) in [6, 6.07) is 17.3. The van der Waals surface area contributed by atoms with E-state index in [0.717, 1.165) is 11.1 Å². The molecule has 0 saturated carbocycles. The van der Waals surface area contributed by atoms with E-state index in [1.807, 2.05) is 9.80 Å². The summed E-state index contributed by atoms with van der Waals surface area (Å²) in [5.41, 5.74) is 4.93. The first kappa shape index (κ1) is 23.2. The lowest BCUT2D eigenvalue weighted by atomic mass is 10.0. The van der Waals surface area contributed by atoms with Crippen molar-refractivity contribution in [2.45, 2.75) is 50.3 Å². The van der Waals surface area contributed by atoms with Gasteiger partial charge in [-0.3, -0.25) is 9.59 Å². The molecule has 2 aliphatic rings. The summed E-state index contributed by atoms with van der Waals surface area (Å²) in [5.74, 6) is 2.29. The van der Waals surface area contributed by atoms with Crippen LogP contribution in [0.5, 0.6) is 0 Å². The van der Waals surface area contributed by atoms with Gasteiger partial charge in [-0.15, -0.1) is 23.5 Å². The number of benzene rings is 2. The van der Waals surface area contributed by atoms with Gasteiger partial charge < -0.3 is 9.80 Å². The molecule has 2 unspecified atom stereocenters. The van der Waals surface area contributed by atoms with Crippen molar-refractivity contribution in [1.82, 2.24) is 9.80 Å². The van der Waals surface area contributed by atoms with E-state index in [4.69, 9.17) is 0 Å². The minimum absolute atomic E-state index is 0.0258. The number of hydrogen-bond acceptors (Lipinski definition) is 4. The molecule has 32 heavy (non-hydrogen) atoms. The highest BCUT2D eigenvalue weighted by atomic mass is 32.2. The highest BCUT2D eigenvalue weighted by Crippen LogP contribution is 2.41. The average molecular weight is 469 g/mol. The topological polar surface area (TPSA) is 40.6 Å². The van der Waals surface area contributed by atoms with Crippen molar-refractivity contribution in [2.75, 3.05) is 24.6 Å². The zero-order chi connectivity index (χ0) is 22.8. The van der Waals surface area contributed by atoms with E-state index >= 15 is 0 Å². The first-order chi connectivity index (χ1) is 15.3. The van der Waals surface area contributed by atoms with Gasteiger partial charge in [-0.25, -0.2) is 0 Å². The van der Waals surface area contributed by atoms with Gasteiger partial charge in [0, 0.05) is 13.1 Å². The molecule has 170 valence electrons. The van der Waals surface area contributed by atoms with Crippen LogP contribution in [0.25, 0.3) is 0 Å². The molecule has 0 aliphatic carbocycles. The highest BCUT2D eigenvalue weighted by Gasteiger charge is 2.36. The van der Waals surface area contributed by atoms with E-state index in [9.17, 15) is 9.59 Å². The fourth-order valence-electron chi connectivity index (χ4n) is 4.25. The third-order valence-corrected chi connectivity index (χ3v) is 8.81. The Morgan fingerprint density at radius 1 is 0.688 bits per heavy atom. The largest absolute Gasteiger partial charge is 0.324 e. The van der Waals surface area contributed by atoms with E-state index in [2.05, 4.69) is 76.2 Å². The van der Waals surface area contributed by atoms with Crippen LogP contribution in [0.3, 0.4) is 0 Å². The monoisotopic (exact) mass is 468 g/mol. The van der Waals surface area contributed by atoms with Gasteiger partial charge in [0.2, 0.25) is 11.8 Å². The van der Waals surface area contributed by atoms with E-state index in [-0.39, 0.29) is 22.6 Å². The number of carbonyl (C=O) groups excluding carboxylic acids is 2. The quantitative estimate of drug-likeness (QED) is 0.516. The second-order valence-electron chi connectivity index (χ2n) is 9.14. The molecule has 0 spiro atoms. The Labute approximate surface area is 200 Å². The smallest absolute Gasteiger partial charge is 0.233 e. The third-order valence-electron chi connectivity index (χ3n) is 6.29. The Morgan fingerprint density at radius 2 is 1.03 bits per heavy atom. The van der Waals surface area contributed by atoms with Crippen LogP contribution in [-0.2, 0) is 9.59 Å². The van der Waals surface area contributed by atoms with Crippen molar-refractivity contribution < 1.29 is 9.59 Å². The zero-order valence-electron chi connectivity index (χ0n) is 19.3. The fraction of sp³-hybridized carbons (Fsp3) is 0.462. The van der Waals surface area contributed by atoms with E-state index in [1.54, 1.807) is 23.5 Å². The number of thioether (sulfide) groups is 2. The number of amides is 2. The lowest BCUT2D eigenvalue weighted by molar-refractivity contribution is -0.132. The molecule has 4 nitrogen and oxygen atoms in total. The summed E-state index contributed by atoms with van der Waals surface area (Å²) in [6.45, 7) is 9.88. The molecule has 2 atom stereocenters. The predicted molar refractivity (Wildman–Crippen MR) is 135 cm³/mol. The van der Waals surface area contributed by atoms with Crippen molar-refractivity contribution in [1.29, 1.82) is 0 Å². The van der Waals surface area contributed by atoms with Gasteiger partial charge in [-0.05, 0) is 34.1 Å². The molecule has 2 fully saturated rings. The Hall–Kier alpha value is -1.92. The Morgan fingerprint density at radius 3 is 1.34 bits per heavy atom. The number of hydrogen-bond donors (Lipinski definition) is 0. The van der Waals surface area contributed by atoms with Gasteiger partial charge in [-0.2, -0.15) is 0 Å². The molecule has 0 N–H and O–H groups in total. The summed E-state index contributed by atoms with van der Waals surface area (Å²) in [6.07, 6.45) is 0. The van der Waals surface area contributed by atoms with Crippen LogP contribution < -0.4 is 0 Å². The van der Waals surface area contributed by atoms with Crippen LogP contribution in [0, 0.1) is 0 Å². The maximum Gasteiger partial charge on any atom is 0.233 e. The zero-order valence-corrected chi connectivity index (χ0v) is 20.9. The minimum Gasteiger partial charge on any atom is -0.324 e. The van der Waals surface area contributed by atoms with Crippen LogP contribution in [0.1, 0.15) is 72.5 Å². The van der Waals surface area contributed by atoms with Crippen LogP contribution in [-0.4, -0.2) is 46.2 Å². The molecule has 2 aliphatic heterocycles. The number of carbonyl (C=O) groups is 2. The second kappa shape index (κ2) is 9.92.